The minimum atomic E-state index is 0.0629. The Morgan fingerprint density at radius 3 is 2.53 bits per heavy atom. The Balaban J connectivity index is 3.01. The van der Waals surface area contributed by atoms with Crippen molar-refractivity contribution in [3.63, 3.8) is 0 Å². The summed E-state index contributed by atoms with van der Waals surface area (Å²) in [6, 6.07) is 0.321. The van der Waals surface area contributed by atoms with Crippen molar-refractivity contribution in [3.8, 4) is 0 Å². The molecule has 0 saturated carbocycles. The average Bonchev–Trinajstić information content (AvgIpc) is 2.33. The Hall–Kier alpha value is -0.890. The van der Waals surface area contributed by atoms with E-state index in [4.69, 9.17) is 0 Å². The van der Waals surface area contributed by atoms with E-state index < -0.39 is 0 Å². The number of carbonyl (C=O) groups is 1. The van der Waals surface area contributed by atoms with Crippen LogP contribution in [-0.2, 0) is 4.79 Å². The van der Waals surface area contributed by atoms with Crippen LogP contribution in [0, 0.1) is 11.3 Å². The zero-order valence-corrected chi connectivity index (χ0v) is 13.4. The fourth-order valence-corrected chi connectivity index (χ4v) is 2.59. The van der Waals surface area contributed by atoms with Gasteiger partial charge in [-0.25, -0.2) is 0 Å². The maximum Gasteiger partial charge on any atom is 0.159 e. The number of ketones is 1. The first-order chi connectivity index (χ1) is 8.73. The van der Waals surface area contributed by atoms with Crippen molar-refractivity contribution in [3.05, 3.63) is 23.8 Å². The molecule has 0 aromatic rings. The Morgan fingerprint density at radius 2 is 1.95 bits per heavy atom. The molecule has 108 valence electrons. The van der Waals surface area contributed by atoms with Crippen molar-refractivity contribution in [2.24, 2.45) is 11.3 Å². The molecule has 0 amide bonds. The van der Waals surface area contributed by atoms with Crippen LogP contribution in [0.5, 0.6) is 0 Å². The van der Waals surface area contributed by atoms with Gasteiger partial charge in [-0.2, -0.15) is 0 Å². The topological polar surface area (TPSA) is 20.3 Å². The number of hydrogen-bond donors (Lipinski definition) is 0. The fourth-order valence-electron chi connectivity index (χ4n) is 2.59. The van der Waals surface area contributed by atoms with Crippen LogP contribution in [-0.4, -0.2) is 30.8 Å². The molecule has 0 spiro atoms. The van der Waals surface area contributed by atoms with Gasteiger partial charge in [0, 0.05) is 12.0 Å². The van der Waals surface area contributed by atoms with E-state index in [0.717, 1.165) is 19.3 Å². The standard InChI is InChI=1S/C17H29NO/c1-13-7-8-15(18(5)6)14(2)16(19)10-12-17(3,4)11-9-13/h9-10,12,14-15H,7-8,11H2,1-6H3/b12-10+,13-9+/t14-,15?/m0/s1. The van der Waals surface area contributed by atoms with Gasteiger partial charge in [0.15, 0.2) is 5.78 Å². The van der Waals surface area contributed by atoms with E-state index >= 15 is 0 Å². The smallest absolute Gasteiger partial charge is 0.159 e. The maximum absolute atomic E-state index is 12.3. The second kappa shape index (κ2) is 6.51. The average molecular weight is 263 g/mol. The third-order valence-corrected chi connectivity index (χ3v) is 4.20. The van der Waals surface area contributed by atoms with Crippen LogP contribution in [0.1, 0.15) is 47.0 Å². The highest BCUT2D eigenvalue weighted by atomic mass is 16.1. The molecule has 0 aromatic heterocycles. The molecule has 0 bridgehead atoms. The number of nitrogens with zero attached hydrogens (tertiary/aromatic N) is 1. The lowest BCUT2D eigenvalue weighted by Crippen LogP contribution is -2.37. The Labute approximate surface area is 118 Å². The highest BCUT2D eigenvalue weighted by Gasteiger charge is 2.25. The van der Waals surface area contributed by atoms with E-state index in [2.05, 4.69) is 58.8 Å². The first-order valence-corrected chi connectivity index (χ1v) is 7.28. The van der Waals surface area contributed by atoms with Crippen molar-refractivity contribution in [1.82, 2.24) is 4.90 Å². The summed E-state index contributed by atoms with van der Waals surface area (Å²) in [4.78, 5) is 14.5. The molecule has 0 fully saturated rings. The summed E-state index contributed by atoms with van der Waals surface area (Å²) in [6.45, 7) is 8.64. The van der Waals surface area contributed by atoms with Crippen LogP contribution < -0.4 is 0 Å². The molecule has 1 aliphatic rings. The van der Waals surface area contributed by atoms with E-state index in [1.54, 1.807) is 6.08 Å². The van der Waals surface area contributed by atoms with Gasteiger partial charge in [-0.05, 0) is 51.8 Å². The molecule has 0 aromatic carbocycles. The Bertz CT molecular complexity index is 377. The summed E-state index contributed by atoms with van der Waals surface area (Å²) < 4.78 is 0. The Kier molecular flexibility index (Phi) is 5.54. The largest absolute Gasteiger partial charge is 0.306 e. The Morgan fingerprint density at radius 1 is 1.32 bits per heavy atom. The molecule has 2 heteroatoms. The highest BCUT2D eigenvalue weighted by molar-refractivity contribution is 5.92. The van der Waals surface area contributed by atoms with Gasteiger partial charge in [-0.1, -0.05) is 38.5 Å². The minimum absolute atomic E-state index is 0.0629. The lowest BCUT2D eigenvalue weighted by Gasteiger charge is -2.29. The van der Waals surface area contributed by atoms with Crippen molar-refractivity contribution in [2.45, 2.75) is 53.0 Å². The summed E-state index contributed by atoms with van der Waals surface area (Å²) in [6.07, 6.45) is 9.34. The predicted molar refractivity (Wildman–Crippen MR) is 82.2 cm³/mol. The van der Waals surface area contributed by atoms with Crippen LogP contribution in [0.25, 0.3) is 0 Å². The van der Waals surface area contributed by atoms with Crippen LogP contribution in [0.4, 0.5) is 0 Å². The van der Waals surface area contributed by atoms with Crippen molar-refractivity contribution < 1.29 is 4.79 Å². The van der Waals surface area contributed by atoms with Gasteiger partial charge in [0.05, 0.1) is 0 Å². The van der Waals surface area contributed by atoms with Gasteiger partial charge in [0.25, 0.3) is 0 Å². The summed E-state index contributed by atoms with van der Waals surface area (Å²) in [7, 11) is 4.14. The predicted octanol–water partition coefficient (Wildman–Crippen LogP) is 3.83. The summed E-state index contributed by atoms with van der Waals surface area (Å²) in [5, 5.41) is 0. The molecule has 0 aliphatic heterocycles. The second-order valence-corrected chi connectivity index (χ2v) is 6.84. The third kappa shape index (κ3) is 4.94. The van der Waals surface area contributed by atoms with E-state index in [1.165, 1.54) is 5.57 Å². The molecule has 1 rings (SSSR count). The molecule has 1 unspecified atom stereocenters. The van der Waals surface area contributed by atoms with Crippen LogP contribution >= 0.6 is 0 Å². The normalized spacial score (nSPS) is 33.4. The zero-order valence-electron chi connectivity index (χ0n) is 13.4. The molecule has 0 saturated heterocycles. The first-order valence-electron chi connectivity index (χ1n) is 7.28. The zero-order chi connectivity index (χ0) is 14.6. The SMILES string of the molecule is C/C1=C\CC(C)(C)/C=C/C(=O)[C@@H](C)C(N(C)C)CC1. The summed E-state index contributed by atoms with van der Waals surface area (Å²) in [5.41, 5.74) is 1.50. The molecule has 1 aliphatic carbocycles. The lowest BCUT2D eigenvalue weighted by molar-refractivity contribution is -0.119. The molecule has 19 heavy (non-hydrogen) atoms. The molecule has 0 heterocycles. The van der Waals surface area contributed by atoms with Crippen molar-refractivity contribution in [1.29, 1.82) is 0 Å². The van der Waals surface area contributed by atoms with Gasteiger partial charge in [-0.3, -0.25) is 4.79 Å². The minimum Gasteiger partial charge on any atom is -0.306 e. The molecule has 0 radical (unpaired) electrons. The van der Waals surface area contributed by atoms with Gasteiger partial charge in [-0.15, -0.1) is 0 Å². The number of hydrogen-bond acceptors (Lipinski definition) is 2. The highest BCUT2D eigenvalue weighted by Crippen LogP contribution is 2.27. The van der Waals surface area contributed by atoms with Gasteiger partial charge in [0.1, 0.15) is 0 Å². The molecular weight excluding hydrogens is 234 g/mol. The number of rotatable bonds is 1. The lowest BCUT2D eigenvalue weighted by atomic mass is 9.87. The van der Waals surface area contributed by atoms with Crippen molar-refractivity contribution in [2.75, 3.05) is 14.1 Å². The van der Waals surface area contributed by atoms with E-state index in [9.17, 15) is 4.79 Å². The molecule has 2 atom stereocenters. The maximum atomic E-state index is 12.3. The first kappa shape index (κ1) is 16.2. The van der Waals surface area contributed by atoms with Gasteiger partial charge in [0.2, 0.25) is 0 Å². The number of carbonyl (C=O) groups excluding carboxylic acids is 1. The molecule has 0 N–H and O–H groups in total. The van der Waals surface area contributed by atoms with E-state index in [0.29, 0.717) is 6.04 Å². The van der Waals surface area contributed by atoms with E-state index in [-0.39, 0.29) is 17.1 Å². The van der Waals surface area contributed by atoms with Crippen molar-refractivity contribution >= 4 is 5.78 Å². The molecule has 2 nitrogen and oxygen atoms in total. The van der Waals surface area contributed by atoms with E-state index in [1.807, 2.05) is 0 Å². The van der Waals surface area contributed by atoms with Gasteiger partial charge >= 0.3 is 0 Å². The molecular formula is C17H29NO. The van der Waals surface area contributed by atoms with Gasteiger partial charge < -0.3 is 4.90 Å². The summed E-state index contributed by atoms with van der Waals surface area (Å²) >= 11 is 0. The van der Waals surface area contributed by atoms with Crippen LogP contribution in [0.2, 0.25) is 0 Å². The monoisotopic (exact) mass is 263 g/mol. The number of allylic oxidation sites excluding steroid dienone is 4. The quantitative estimate of drug-likeness (QED) is 0.670. The van der Waals surface area contributed by atoms with Crippen LogP contribution in [0.3, 0.4) is 0 Å². The summed E-state index contributed by atoms with van der Waals surface area (Å²) in [5.74, 6) is 0.319. The van der Waals surface area contributed by atoms with Crippen LogP contribution in [0.15, 0.2) is 23.8 Å². The third-order valence-electron chi connectivity index (χ3n) is 4.20. The second-order valence-electron chi connectivity index (χ2n) is 6.84. The fraction of sp³-hybridized carbons (Fsp3) is 0.706.